The molecule has 0 saturated carbocycles. The summed E-state index contributed by atoms with van der Waals surface area (Å²) in [6.07, 6.45) is 9.79. The minimum Gasteiger partial charge on any atom is -0.658 e. The Hall–Kier alpha value is -4.97. The quantitative estimate of drug-likeness (QED) is 0.235. The molecule has 5 heterocycles. The average Bonchev–Trinajstić information content (AvgIpc) is 3.80. The zero-order valence-electron chi connectivity index (χ0n) is 23.4. The van der Waals surface area contributed by atoms with Crippen LogP contribution in [-0.4, -0.2) is 15.9 Å². The molecule has 0 amide bonds. The second-order valence-electron chi connectivity index (χ2n) is 10.1. The standard InChI is InChI=1S/C34H24N4.C2H4O2.Mn/c1-3-7-23(8-4-1)19-29-31-15-11-25(35-31)21-27-13-17-33(37-27)30(20-24-9-5-2-6-10-24)34-18-14-28(38-34)22-26-12-16-32(29)36-26;1-2(3)4;/h1-18,21-22H,19-20H2;1H3,(H,3,4);/q-2;;+3/p-1. The van der Waals surface area contributed by atoms with Crippen molar-refractivity contribution in [1.29, 1.82) is 0 Å². The molecule has 0 fully saturated rings. The first kappa shape index (κ1) is 29.5. The van der Waals surface area contributed by atoms with Crippen LogP contribution in [0.15, 0.2) is 97.1 Å². The van der Waals surface area contributed by atoms with Gasteiger partial charge in [0.1, 0.15) is 0 Å². The minimum absolute atomic E-state index is 0. The van der Waals surface area contributed by atoms with E-state index in [2.05, 4.69) is 97.1 Å². The van der Waals surface area contributed by atoms with E-state index in [1.54, 1.807) is 0 Å². The summed E-state index contributed by atoms with van der Waals surface area (Å²) < 4.78 is 0. The molecule has 0 unspecified atom stereocenters. The Bertz CT molecular complexity index is 1870. The van der Waals surface area contributed by atoms with Gasteiger partial charge in [-0.3, -0.25) is 0 Å². The number of hydrogen-bond donors (Lipinski definition) is 0. The number of carbonyl (C=O) groups is 1. The molecule has 0 aliphatic carbocycles. The summed E-state index contributed by atoms with van der Waals surface area (Å²) in [7, 11) is 0. The Morgan fingerprint density at radius 2 is 1.05 bits per heavy atom. The molecule has 0 radical (unpaired) electrons. The van der Waals surface area contributed by atoms with Gasteiger partial charge in [-0.15, -0.1) is 22.1 Å². The second kappa shape index (κ2) is 13.3. The van der Waals surface area contributed by atoms with E-state index >= 15 is 0 Å². The Labute approximate surface area is 260 Å². The Morgan fingerprint density at radius 3 is 1.49 bits per heavy atom. The fourth-order valence-corrected chi connectivity index (χ4v) is 5.03. The number of carbonyl (C=O) groups excluding carboxylic acids is 1. The number of fused-ring (bicyclic) bond motifs is 8. The van der Waals surface area contributed by atoms with E-state index in [0.717, 1.165) is 75.7 Å². The monoisotopic (exact) mass is 602 g/mol. The molecule has 3 aromatic heterocycles. The van der Waals surface area contributed by atoms with Crippen LogP contribution >= 0.6 is 0 Å². The van der Waals surface area contributed by atoms with Gasteiger partial charge in [-0.25, -0.2) is 9.97 Å². The maximum Gasteiger partial charge on any atom is 3.00 e. The molecule has 2 aromatic carbocycles. The molecule has 0 N–H and O–H groups in total. The summed E-state index contributed by atoms with van der Waals surface area (Å²) in [5.41, 5.74) is 12.0. The molecule has 7 heteroatoms. The van der Waals surface area contributed by atoms with E-state index in [9.17, 15) is 0 Å². The number of rotatable bonds is 4. The van der Waals surface area contributed by atoms with Crippen molar-refractivity contribution >= 4 is 52.3 Å². The van der Waals surface area contributed by atoms with Crippen LogP contribution in [-0.2, 0) is 34.7 Å². The first-order valence-electron chi connectivity index (χ1n) is 13.7. The summed E-state index contributed by atoms with van der Waals surface area (Å²) >= 11 is 0. The van der Waals surface area contributed by atoms with Gasteiger partial charge in [0.05, 0.1) is 22.8 Å². The third kappa shape index (κ3) is 7.28. The van der Waals surface area contributed by atoms with Gasteiger partial charge in [-0.1, -0.05) is 103 Å². The number of nitrogens with zero attached hydrogens (tertiary/aromatic N) is 4. The Balaban J connectivity index is 0.000000695. The molecule has 6 nitrogen and oxygen atoms in total. The van der Waals surface area contributed by atoms with Gasteiger partial charge in [0.2, 0.25) is 0 Å². The molecule has 2 aliphatic rings. The van der Waals surface area contributed by atoms with Crippen molar-refractivity contribution in [2.75, 3.05) is 0 Å². The summed E-state index contributed by atoms with van der Waals surface area (Å²) in [4.78, 5) is 28.8. The number of carboxylic acids is 1. The van der Waals surface area contributed by atoms with Crippen LogP contribution in [0.4, 0.5) is 0 Å². The molecule has 43 heavy (non-hydrogen) atoms. The zero-order valence-corrected chi connectivity index (χ0v) is 24.6. The van der Waals surface area contributed by atoms with Gasteiger partial charge in [0.25, 0.3) is 0 Å². The van der Waals surface area contributed by atoms with Gasteiger partial charge in [0.15, 0.2) is 0 Å². The van der Waals surface area contributed by atoms with Crippen molar-refractivity contribution in [2.45, 2.75) is 19.8 Å². The third-order valence-electron chi connectivity index (χ3n) is 6.92. The van der Waals surface area contributed by atoms with Gasteiger partial charge < -0.3 is 19.9 Å². The maximum absolute atomic E-state index is 8.89. The van der Waals surface area contributed by atoms with Crippen molar-refractivity contribution in [3.05, 3.63) is 142 Å². The van der Waals surface area contributed by atoms with E-state index in [4.69, 9.17) is 29.8 Å². The normalized spacial score (nSPS) is 11.4. The van der Waals surface area contributed by atoms with Crippen molar-refractivity contribution < 1.29 is 27.0 Å². The van der Waals surface area contributed by atoms with Crippen molar-refractivity contribution in [1.82, 2.24) is 19.9 Å². The van der Waals surface area contributed by atoms with Crippen LogP contribution < -0.4 is 15.1 Å². The van der Waals surface area contributed by atoms with Crippen LogP contribution in [0.25, 0.3) is 46.4 Å². The van der Waals surface area contributed by atoms with Gasteiger partial charge in [0, 0.05) is 18.0 Å². The Kier molecular flexibility index (Phi) is 9.16. The van der Waals surface area contributed by atoms with E-state index in [1.807, 2.05) is 24.3 Å². The Morgan fingerprint density at radius 1 is 0.628 bits per heavy atom. The van der Waals surface area contributed by atoms with Gasteiger partial charge in [-0.2, -0.15) is 0 Å². The van der Waals surface area contributed by atoms with Crippen LogP contribution in [0, 0.1) is 0 Å². The fraction of sp³-hybridized carbons (Fsp3) is 0.0833. The molecular weight excluding hydrogens is 575 g/mol. The number of carboxylic acid groups (broad SMARTS) is 1. The van der Waals surface area contributed by atoms with Crippen LogP contribution in [0.3, 0.4) is 0 Å². The fourth-order valence-electron chi connectivity index (χ4n) is 5.03. The third-order valence-corrected chi connectivity index (χ3v) is 6.92. The van der Waals surface area contributed by atoms with Crippen molar-refractivity contribution in [2.24, 2.45) is 0 Å². The molecule has 8 bridgehead atoms. The van der Waals surface area contributed by atoms with Gasteiger partial charge in [-0.05, 0) is 48.8 Å². The number of aromatic nitrogens is 4. The SMILES string of the molecule is C1=Cc2nc1cc1ccc([n-]1)c(Cc1ccccc1)c1ccc(cc3nc(c2Cc2ccccc2)C=C3)[n-]1.CC(=O)[O-].[Mn+3]. The number of benzene rings is 2. The van der Waals surface area contributed by atoms with E-state index in [-0.39, 0.29) is 17.1 Å². The maximum atomic E-state index is 8.89. The second-order valence-corrected chi connectivity index (χ2v) is 10.1. The summed E-state index contributed by atoms with van der Waals surface area (Å²) in [5, 5.41) is 8.89. The topological polar surface area (TPSA) is 94.1 Å². The average molecular weight is 603 g/mol. The first-order chi connectivity index (χ1) is 20.5. The summed E-state index contributed by atoms with van der Waals surface area (Å²) in [6.45, 7) is 0.972. The molecule has 210 valence electrons. The first-order valence-corrected chi connectivity index (χ1v) is 13.7. The smallest absolute Gasteiger partial charge is 0.658 e. The zero-order chi connectivity index (χ0) is 28.9. The number of aliphatic carboxylic acids is 1. The van der Waals surface area contributed by atoms with E-state index in [1.165, 1.54) is 11.1 Å². The summed E-state index contributed by atoms with van der Waals surface area (Å²) in [6, 6.07) is 33.3. The van der Waals surface area contributed by atoms with Crippen LogP contribution in [0.2, 0.25) is 0 Å². The largest absolute Gasteiger partial charge is 3.00 e. The van der Waals surface area contributed by atoms with E-state index in [0.29, 0.717) is 0 Å². The molecular formula is C36H27MnN4O2. The van der Waals surface area contributed by atoms with Crippen molar-refractivity contribution in [3.8, 4) is 0 Å². The molecule has 5 aromatic rings. The molecule has 0 spiro atoms. The molecule has 2 aliphatic heterocycles. The summed E-state index contributed by atoms with van der Waals surface area (Å²) in [5.74, 6) is -1.08. The molecule has 0 saturated heterocycles. The predicted octanol–water partition coefficient (Wildman–Crippen LogP) is 5.85. The minimum atomic E-state index is -1.08. The predicted molar refractivity (Wildman–Crippen MR) is 166 cm³/mol. The van der Waals surface area contributed by atoms with Crippen LogP contribution in [0.5, 0.6) is 0 Å². The number of hydrogen-bond acceptors (Lipinski definition) is 4. The molecule has 7 rings (SSSR count). The van der Waals surface area contributed by atoms with Crippen LogP contribution in [0.1, 0.15) is 52.0 Å². The van der Waals surface area contributed by atoms with Gasteiger partial charge >= 0.3 is 17.1 Å². The molecule has 0 atom stereocenters. The van der Waals surface area contributed by atoms with E-state index < -0.39 is 5.97 Å². The van der Waals surface area contributed by atoms with Crippen molar-refractivity contribution in [3.63, 3.8) is 0 Å².